The monoisotopic (exact) mass is 326 g/mol. The first kappa shape index (κ1) is 16.5. The van der Waals surface area contributed by atoms with Crippen LogP contribution in [0.3, 0.4) is 0 Å². The number of pyridine rings is 1. The maximum atomic E-state index is 12.2. The zero-order valence-corrected chi connectivity index (χ0v) is 13.5. The summed E-state index contributed by atoms with van der Waals surface area (Å²) in [5.41, 5.74) is 3.15. The molecule has 0 aliphatic carbocycles. The van der Waals surface area contributed by atoms with Crippen molar-refractivity contribution in [2.45, 2.75) is 13.8 Å². The van der Waals surface area contributed by atoms with Crippen molar-refractivity contribution < 1.29 is 4.79 Å². The van der Waals surface area contributed by atoms with Gasteiger partial charge in [0.1, 0.15) is 11.6 Å². The van der Waals surface area contributed by atoms with Crippen LogP contribution < -0.4 is 10.6 Å². The Kier molecular flexibility index (Phi) is 5.34. The third kappa shape index (κ3) is 4.09. The van der Waals surface area contributed by atoms with Gasteiger partial charge in [-0.05, 0) is 43.2 Å². The molecule has 2 N–H and O–H groups in total. The molecule has 0 aliphatic heterocycles. The van der Waals surface area contributed by atoms with Gasteiger partial charge in [0.2, 0.25) is 0 Å². The fraction of sp³-hybridized carbons (Fsp3) is 0.118. The van der Waals surface area contributed by atoms with Crippen molar-refractivity contribution in [2.24, 2.45) is 0 Å². The minimum Gasteiger partial charge on any atom is -0.358 e. The standard InChI is InChI=1S/C17H15ClN4O/c1-11-5-3-6-14(12(11)2)22-17(23)13(9-19)10-21-15-7-4-8-20-16(15)18/h3-8,10,21H,1-2H3,(H,22,23)/b13-10-. The number of hydrogen-bond acceptors (Lipinski definition) is 4. The fourth-order valence-corrected chi connectivity index (χ4v) is 2.04. The second kappa shape index (κ2) is 7.43. The molecule has 0 saturated carbocycles. The number of halogens is 1. The van der Waals surface area contributed by atoms with Crippen molar-refractivity contribution >= 4 is 28.9 Å². The predicted octanol–water partition coefficient (Wildman–Crippen LogP) is 3.81. The van der Waals surface area contributed by atoms with Crippen LogP contribution in [-0.4, -0.2) is 10.9 Å². The lowest BCUT2D eigenvalue weighted by Gasteiger charge is -2.10. The van der Waals surface area contributed by atoms with Crippen LogP contribution in [0.25, 0.3) is 0 Å². The molecule has 0 unspecified atom stereocenters. The first-order chi connectivity index (χ1) is 11.0. The van der Waals surface area contributed by atoms with Crippen LogP contribution in [0, 0.1) is 25.2 Å². The highest BCUT2D eigenvalue weighted by Crippen LogP contribution is 2.20. The Morgan fingerprint density at radius 1 is 1.26 bits per heavy atom. The van der Waals surface area contributed by atoms with Crippen LogP contribution in [-0.2, 0) is 4.79 Å². The second-order valence-corrected chi connectivity index (χ2v) is 5.22. The summed E-state index contributed by atoms with van der Waals surface area (Å²) in [4.78, 5) is 16.1. The number of nitriles is 1. The van der Waals surface area contributed by atoms with Crippen LogP contribution in [0.4, 0.5) is 11.4 Å². The molecule has 0 atom stereocenters. The van der Waals surface area contributed by atoms with E-state index < -0.39 is 5.91 Å². The third-order valence-electron chi connectivity index (χ3n) is 3.35. The van der Waals surface area contributed by atoms with Gasteiger partial charge in [-0.1, -0.05) is 23.7 Å². The van der Waals surface area contributed by atoms with Crippen molar-refractivity contribution in [3.8, 4) is 6.07 Å². The van der Waals surface area contributed by atoms with E-state index in [2.05, 4.69) is 15.6 Å². The molecule has 6 heteroatoms. The van der Waals surface area contributed by atoms with E-state index in [1.165, 1.54) is 6.20 Å². The van der Waals surface area contributed by atoms with E-state index in [-0.39, 0.29) is 10.7 Å². The summed E-state index contributed by atoms with van der Waals surface area (Å²) >= 11 is 5.91. The van der Waals surface area contributed by atoms with E-state index >= 15 is 0 Å². The number of aromatic nitrogens is 1. The van der Waals surface area contributed by atoms with Gasteiger partial charge in [0.15, 0.2) is 5.15 Å². The largest absolute Gasteiger partial charge is 0.358 e. The lowest BCUT2D eigenvalue weighted by molar-refractivity contribution is -0.112. The zero-order valence-electron chi connectivity index (χ0n) is 12.7. The molecule has 1 aromatic carbocycles. The SMILES string of the molecule is Cc1cccc(NC(=O)/C(C#N)=C\Nc2cccnc2Cl)c1C. The summed E-state index contributed by atoms with van der Waals surface area (Å²) in [5.74, 6) is -0.492. The van der Waals surface area contributed by atoms with Crippen molar-refractivity contribution in [3.05, 3.63) is 64.6 Å². The lowest BCUT2D eigenvalue weighted by atomic mass is 10.1. The number of carbonyl (C=O) groups excluding carboxylic acids is 1. The van der Waals surface area contributed by atoms with Crippen molar-refractivity contribution in [1.82, 2.24) is 4.98 Å². The average Bonchev–Trinajstić information content (AvgIpc) is 2.54. The molecule has 0 bridgehead atoms. The molecule has 23 heavy (non-hydrogen) atoms. The third-order valence-corrected chi connectivity index (χ3v) is 3.65. The van der Waals surface area contributed by atoms with E-state index in [0.29, 0.717) is 11.4 Å². The van der Waals surface area contributed by atoms with Crippen LogP contribution in [0.5, 0.6) is 0 Å². The molecule has 0 spiro atoms. The van der Waals surface area contributed by atoms with Crippen LogP contribution >= 0.6 is 11.6 Å². The molecule has 5 nitrogen and oxygen atoms in total. The first-order valence-corrected chi connectivity index (χ1v) is 7.25. The molecule has 1 amide bonds. The maximum absolute atomic E-state index is 12.2. The number of benzene rings is 1. The van der Waals surface area contributed by atoms with E-state index in [1.807, 2.05) is 32.0 Å². The highest BCUT2D eigenvalue weighted by atomic mass is 35.5. The summed E-state index contributed by atoms with van der Waals surface area (Å²) in [6.07, 6.45) is 2.86. The Morgan fingerprint density at radius 3 is 2.70 bits per heavy atom. The number of amides is 1. The Hall–Kier alpha value is -2.84. The summed E-state index contributed by atoms with van der Waals surface area (Å²) in [7, 11) is 0. The first-order valence-electron chi connectivity index (χ1n) is 6.88. The van der Waals surface area contributed by atoms with Gasteiger partial charge in [-0.3, -0.25) is 4.79 Å². The molecule has 116 valence electrons. The number of carbonyl (C=O) groups is 1. The van der Waals surface area contributed by atoms with Gasteiger partial charge in [-0.25, -0.2) is 4.98 Å². The number of anilines is 2. The molecule has 0 fully saturated rings. The van der Waals surface area contributed by atoms with Gasteiger partial charge >= 0.3 is 0 Å². The number of nitrogens with zero attached hydrogens (tertiary/aromatic N) is 2. The van der Waals surface area contributed by atoms with Gasteiger partial charge in [0.05, 0.1) is 5.69 Å². The van der Waals surface area contributed by atoms with Crippen LogP contribution in [0.1, 0.15) is 11.1 Å². The van der Waals surface area contributed by atoms with Gasteiger partial charge in [0.25, 0.3) is 5.91 Å². The van der Waals surface area contributed by atoms with Gasteiger partial charge < -0.3 is 10.6 Å². The average molecular weight is 327 g/mol. The normalized spacial score (nSPS) is 10.8. The van der Waals surface area contributed by atoms with Crippen molar-refractivity contribution in [1.29, 1.82) is 5.26 Å². The Labute approximate surface area is 139 Å². The fourth-order valence-electron chi connectivity index (χ4n) is 1.87. The molecular formula is C17H15ClN4O. The Morgan fingerprint density at radius 2 is 2.00 bits per heavy atom. The van der Waals surface area contributed by atoms with Crippen molar-refractivity contribution in [2.75, 3.05) is 10.6 Å². The van der Waals surface area contributed by atoms with Crippen molar-refractivity contribution in [3.63, 3.8) is 0 Å². The number of aryl methyl sites for hydroxylation is 1. The molecule has 0 radical (unpaired) electrons. The topological polar surface area (TPSA) is 77.8 Å². The van der Waals surface area contributed by atoms with Gasteiger partial charge in [-0.15, -0.1) is 0 Å². The zero-order chi connectivity index (χ0) is 16.8. The summed E-state index contributed by atoms with van der Waals surface area (Å²) in [6, 6.07) is 10.9. The van der Waals surface area contributed by atoms with Crippen LogP contribution in [0.15, 0.2) is 48.3 Å². The number of hydrogen-bond donors (Lipinski definition) is 2. The quantitative estimate of drug-likeness (QED) is 0.509. The van der Waals surface area contributed by atoms with E-state index in [1.54, 1.807) is 24.4 Å². The highest BCUT2D eigenvalue weighted by molar-refractivity contribution is 6.32. The molecule has 1 heterocycles. The molecule has 2 aromatic rings. The number of rotatable bonds is 4. The van der Waals surface area contributed by atoms with E-state index in [0.717, 1.165) is 11.1 Å². The minimum atomic E-state index is -0.492. The van der Waals surface area contributed by atoms with E-state index in [9.17, 15) is 10.1 Å². The van der Waals surface area contributed by atoms with Gasteiger partial charge in [0, 0.05) is 18.1 Å². The lowest BCUT2D eigenvalue weighted by Crippen LogP contribution is -2.15. The molecule has 1 aromatic heterocycles. The molecule has 0 aliphatic rings. The number of nitrogens with one attached hydrogen (secondary N) is 2. The van der Waals surface area contributed by atoms with Crippen LogP contribution in [0.2, 0.25) is 5.15 Å². The highest BCUT2D eigenvalue weighted by Gasteiger charge is 2.11. The molecule has 2 rings (SSSR count). The summed E-state index contributed by atoms with van der Waals surface area (Å²) < 4.78 is 0. The maximum Gasteiger partial charge on any atom is 0.267 e. The summed E-state index contributed by atoms with van der Waals surface area (Å²) in [5, 5.41) is 15.0. The van der Waals surface area contributed by atoms with Gasteiger partial charge in [-0.2, -0.15) is 5.26 Å². The smallest absolute Gasteiger partial charge is 0.267 e. The molecule has 0 saturated heterocycles. The second-order valence-electron chi connectivity index (χ2n) is 4.86. The summed E-state index contributed by atoms with van der Waals surface area (Å²) in [6.45, 7) is 3.87. The minimum absolute atomic E-state index is 0.0641. The Balaban J connectivity index is 2.16. The molecular weight excluding hydrogens is 312 g/mol. The Bertz CT molecular complexity index is 808. The van der Waals surface area contributed by atoms with E-state index in [4.69, 9.17) is 11.6 Å². The predicted molar refractivity (Wildman–Crippen MR) is 91.1 cm³/mol.